The average molecular weight is 229 g/mol. The Hall–Kier alpha value is -1.85. The van der Waals surface area contributed by atoms with Crippen LogP contribution in [-0.4, -0.2) is 35.3 Å². The van der Waals surface area contributed by atoms with Crippen LogP contribution in [0.4, 0.5) is 13.6 Å². The van der Waals surface area contributed by atoms with E-state index in [0.29, 0.717) is 0 Å². The van der Waals surface area contributed by atoms with Gasteiger partial charge in [-0.2, -0.15) is 0 Å². The van der Waals surface area contributed by atoms with E-state index in [0.717, 1.165) is 12.1 Å². The Labute approximate surface area is 90.0 Å². The molecule has 0 atom stereocenters. The van der Waals surface area contributed by atoms with E-state index in [1.807, 2.05) is 0 Å². The SMILES string of the molecule is O=C(O)N1CC(Oc2ccc(F)c(F)c2)C1. The Morgan fingerprint density at radius 3 is 2.62 bits per heavy atom. The van der Waals surface area contributed by atoms with Gasteiger partial charge in [0.2, 0.25) is 0 Å². The molecule has 0 spiro atoms. The van der Waals surface area contributed by atoms with Gasteiger partial charge in [0, 0.05) is 6.07 Å². The first-order valence-corrected chi connectivity index (χ1v) is 4.66. The lowest BCUT2D eigenvalue weighted by atomic mass is 10.2. The van der Waals surface area contributed by atoms with Crippen molar-refractivity contribution in [2.75, 3.05) is 13.1 Å². The number of ether oxygens (including phenoxy) is 1. The van der Waals surface area contributed by atoms with Crippen molar-refractivity contribution >= 4 is 6.09 Å². The maximum Gasteiger partial charge on any atom is 0.407 e. The lowest BCUT2D eigenvalue weighted by Gasteiger charge is -2.36. The molecule has 0 aliphatic carbocycles. The average Bonchev–Trinajstić information content (AvgIpc) is 2.15. The van der Waals surface area contributed by atoms with Crippen LogP contribution in [0.5, 0.6) is 5.75 Å². The summed E-state index contributed by atoms with van der Waals surface area (Å²) in [6.45, 7) is 0.489. The first-order chi connectivity index (χ1) is 7.56. The second-order valence-electron chi connectivity index (χ2n) is 3.50. The molecule has 1 heterocycles. The molecule has 1 fully saturated rings. The van der Waals surface area contributed by atoms with Crippen LogP contribution in [0, 0.1) is 11.6 Å². The molecule has 0 aromatic heterocycles. The van der Waals surface area contributed by atoms with Gasteiger partial charge < -0.3 is 14.7 Å². The maximum absolute atomic E-state index is 12.8. The molecule has 1 aromatic carbocycles. The molecule has 16 heavy (non-hydrogen) atoms. The van der Waals surface area contributed by atoms with Crippen LogP contribution in [0.15, 0.2) is 18.2 Å². The number of likely N-dealkylation sites (tertiary alicyclic amines) is 1. The number of hydrogen-bond donors (Lipinski definition) is 1. The fourth-order valence-electron chi connectivity index (χ4n) is 1.41. The molecule has 0 radical (unpaired) electrons. The van der Waals surface area contributed by atoms with Crippen LogP contribution < -0.4 is 4.74 Å². The van der Waals surface area contributed by atoms with Gasteiger partial charge in [-0.1, -0.05) is 0 Å². The summed E-state index contributed by atoms with van der Waals surface area (Å²) in [5.74, 6) is -1.71. The second-order valence-corrected chi connectivity index (χ2v) is 3.50. The summed E-state index contributed by atoms with van der Waals surface area (Å²) < 4.78 is 30.6. The van der Waals surface area contributed by atoms with Crippen molar-refractivity contribution in [1.82, 2.24) is 4.90 Å². The van der Waals surface area contributed by atoms with E-state index in [4.69, 9.17) is 9.84 Å². The number of carbonyl (C=O) groups is 1. The van der Waals surface area contributed by atoms with Crippen LogP contribution in [-0.2, 0) is 0 Å². The third kappa shape index (κ3) is 2.05. The summed E-state index contributed by atoms with van der Waals surface area (Å²) in [4.78, 5) is 11.6. The molecule has 0 saturated carbocycles. The molecule has 2 rings (SSSR count). The quantitative estimate of drug-likeness (QED) is 0.839. The number of benzene rings is 1. The van der Waals surface area contributed by atoms with Crippen LogP contribution >= 0.6 is 0 Å². The minimum Gasteiger partial charge on any atom is -0.487 e. The lowest BCUT2D eigenvalue weighted by Crippen LogP contribution is -2.55. The molecule has 1 amide bonds. The molecular weight excluding hydrogens is 220 g/mol. The summed E-state index contributed by atoms with van der Waals surface area (Å²) >= 11 is 0. The molecule has 86 valence electrons. The zero-order valence-corrected chi connectivity index (χ0v) is 8.19. The predicted molar refractivity (Wildman–Crippen MR) is 50.4 cm³/mol. The summed E-state index contributed by atoms with van der Waals surface area (Å²) in [6.07, 6.45) is -1.30. The first-order valence-electron chi connectivity index (χ1n) is 4.66. The first kappa shape index (κ1) is 10.7. The van der Waals surface area contributed by atoms with Gasteiger partial charge in [-0.15, -0.1) is 0 Å². The van der Waals surface area contributed by atoms with E-state index >= 15 is 0 Å². The molecule has 1 aliphatic heterocycles. The van der Waals surface area contributed by atoms with E-state index < -0.39 is 17.7 Å². The van der Waals surface area contributed by atoms with Gasteiger partial charge in [0.25, 0.3) is 0 Å². The van der Waals surface area contributed by atoms with Crippen molar-refractivity contribution in [3.8, 4) is 5.75 Å². The molecule has 0 bridgehead atoms. The lowest BCUT2D eigenvalue weighted by molar-refractivity contribution is 0.0250. The van der Waals surface area contributed by atoms with Gasteiger partial charge in [-0.25, -0.2) is 13.6 Å². The van der Waals surface area contributed by atoms with Crippen molar-refractivity contribution in [2.24, 2.45) is 0 Å². The molecule has 4 nitrogen and oxygen atoms in total. The standard InChI is InChI=1S/C10H9F2NO3/c11-8-2-1-6(3-9(8)12)16-7-4-13(5-7)10(14)15/h1-3,7H,4-5H2,(H,14,15). The molecule has 1 aromatic rings. The molecule has 6 heteroatoms. The number of hydrogen-bond acceptors (Lipinski definition) is 2. The molecule has 0 unspecified atom stereocenters. The van der Waals surface area contributed by atoms with Crippen molar-refractivity contribution in [1.29, 1.82) is 0 Å². The van der Waals surface area contributed by atoms with Crippen LogP contribution in [0.25, 0.3) is 0 Å². The van der Waals surface area contributed by atoms with E-state index in [2.05, 4.69) is 0 Å². The molecule has 1 aliphatic rings. The highest BCUT2D eigenvalue weighted by Crippen LogP contribution is 2.20. The minimum absolute atomic E-state index is 0.203. The predicted octanol–water partition coefficient (Wildman–Crippen LogP) is 1.71. The molecule has 1 saturated heterocycles. The zero-order valence-electron chi connectivity index (χ0n) is 8.19. The monoisotopic (exact) mass is 229 g/mol. The third-order valence-corrected chi connectivity index (χ3v) is 2.31. The number of carboxylic acid groups (broad SMARTS) is 1. The Kier molecular flexibility index (Phi) is 2.64. The van der Waals surface area contributed by atoms with Gasteiger partial charge in [-0.05, 0) is 12.1 Å². The van der Waals surface area contributed by atoms with Gasteiger partial charge in [0.1, 0.15) is 11.9 Å². The van der Waals surface area contributed by atoms with Crippen LogP contribution in [0.2, 0.25) is 0 Å². The summed E-state index contributed by atoms with van der Waals surface area (Å²) in [5.41, 5.74) is 0. The highest BCUT2D eigenvalue weighted by molar-refractivity contribution is 5.66. The topological polar surface area (TPSA) is 49.8 Å². The summed E-state index contributed by atoms with van der Waals surface area (Å²) in [6, 6.07) is 3.22. The van der Waals surface area contributed by atoms with Crippen molar-refractivity contribution in [3.63, 3.8) is 0 Å². The van der Waals surface area contributed by atoms with Crippen LogP contribution in [0.3, 0.4) is 0 Å². The number of halogens is 2. The van der Waals surface area contributed by atoms with E-state index in [1.165, 1.54) is 11.0 Å². The zero-order chi connectivity index (χ0) is 11.7. The Morgan fingerprint density at radius 1 is 1.38 bits per heavy atom. The van der Waals surface area contributed by atoms with Gasteiger partial charge in [0.05, 0.1) is 13.1 Å². The molecular formula is C10H9F2NO3. The molecule has 1 N–H and O–H groups in total. The Morgan fingerprint density at radius 2 is 2.06 bits per heavy atom. The number of rotatable bonds is 2. The highest BCUT2D eigenvalue weighted by atomic mass is 19.2. The van der Waals surface area contributed by atoms with Gasteiger partial charge >= 0.3 is 6.09 Å². The minimum atomic E-state index is -1.01. The normalized spacial score (nSPS) is 15.8. The fraction of sp³-hybridized carbons (Fsp3) is 0.300. The second kappa shape index (κ2) is 3.96. The smallest absolute Gasteiger partial charge is 0.407 e. The summed E-state index contributed by atoms with van der Waals surface area (Å²) in [7, 11) is 0. The van der Waals surface area contributed by atoms with Crippen molar-refractivity contribution in [3.05, 3.63) is 29.8 Å². The number of nitrogens with zero attached hydrogens (tertiary/aromatic N) is 1. The number of amides is 1. The maximum atomic E-state index is 12.8. The largest absolute Gasteiger partial charge is 0.487 e. The van der Waals surface area contributed by atoms with E-state index in [9.17, 15) is 13.6 Å². The van der Waals surface area contributed by atoms with E-state index in [-0.39, 0.29) is 24.9 Å². The van der Waals surface area contributed by atoms with Crippen molar-refractivity contribution < 1.29 is 23.4 Å². The van der Waals surface area contributed by atoms with Crippen molar-refractivity contribution in [2.45, 2.75) is 6.10 Å². The summed E-state index contributed by atoms with van der Waals surface area (Å²) in [5, 5.41) is 8.56. The van der Waals surface area contributed by atoms with Crippen LogP contribution in [0.1, 0.15) is 0 Å². The highest BCUT2D eigenvalue weighted by Gasteiger charge is 2.32. The fourth-order valence-corrected chi connectivity index (χ4v) is 1.41. The van der Waals surface area contributed by atoms with Gasteiger partial charge in [-0.3, -0.25) is 0 Å². The third-order valence-electron chi connectivity index (χ3n) is 2.31. The Bertz CT molecular complexity index is 419. The Balaban J connectivity index is 1.91. The van der Waals surface area contributed by atoms with Gasteiger partial charge in [0.15, 0.2) is 11.6 Å². The van der Waals surface area contributed by atoms with E-state index in [1.54, 1.807) is 0 Å².